The summed E-state index contributed by atoms with van der Waals surface area (Å²) >= 11 is 0.271. The van der Waals surface area contributed by atoms with Crippen LogP contribution in [0.25, 0.3) is 0 Å². The fraction of sp³-hybridized carbons (Fsp3) is 0.222. The standard InChI is InChI=1S/C9H10O2.Tl/c1-2-7-5-3-4-6-8(7)9(10)11;/h3-6H,2H2,1H3,(H,10,11);/q;+1/p-1. The molecule has 0 amide bonds. The van der Waals surface area contributed by atoms with Crippen LogP contribution in [0.5, 0.6) is 0 Å². The van der Waals surface area contributed by atoms with Crippen molar-refractivity contribution in [3.63, 3.8) is 0 Å². The Labute approximate surface area is 88.3 Å². The zero-order valence-electron chi connectivity index (χ0n) is 6.91. The van der Waals surface area contributed by atoms with Crippen LogP contribution < -0.4 is 0 Å². The normalized spacial score (nSPS) is 9.33. The Morgan fingerprint density at radius 2 is 2.17 bits per heavy atom. The van der Waals surface area contributed by atoms with Gasteiger partial charge in [-0.05, 0) is 0 Å². The Morgan fingerprint density at radius 3 is 2.75 bits per heavy atom. The van der Waals surface area contributed by atoms with Gasteiger partial charge in [-0.2, -0.15) is 0 Å². The first-order valence-electron chi connectivity index (χ1n) is 3.78. The number of rotatable bonds is 2. The van der Waals surface area contributed by atoms with Gasteiger partial charge in [0, 0.05) is 0 Å². The van der Waals surface area contributed by atoms with Crippen molar-refractivity contribution in [2.45, 2.75) is 13.3 Å². The van der Waals surface area contributed by atoms with E-state index >= 15 is 0 Å². The molecule has 12 heavy (non-hydrogen) atoms. The molecule has 0 aliphatic heterocycles. The Kier molecular flexibility index (Phi) is 3.71. The summed E-state index contributed by atoms with van der Waals surface area (Å²) in [5, 5.41) is 0. The molecule has 0 spiro atoms. The van der Waals surface area contributed by atoms with Crippen LogP contribution in [-0.2, 0) is 9.11 Å². The summed E-state index contributed by atoms with van der Waals surface area (Å²) < 4.78 is 4.81. The maximum absolute atomic E-state index is 11.2. The van der Waals surface area contributed by atoms with E-state index in [1.165, 1.54) is 0 Å². The molecule has 1 aromatic carbocycles. The summed E-state index contributed by atoms with van der Waals surface area (Å²) in [6.45, 7) is 2.03. The minimum atomic E-state index is -0.183. The molecule has 0 heterocycles. The molecule has 0 radical (unpaired) electrons. The predicted octanol–water partition coefficient (Wildman–Crippen LogP) is 1.49. The Balaban J connectivity index is 3.04. The molecule has 60 valence electrons. The molecule has 0 unspecified atom stereocenters. The molecule has 1 rings (SSSR count). The summed E-state index contributed by atoms with van der Waals surface area (Å²) in [4.78, 5) is 11.2. The molecule has 0 aliphatic rings. The minimum absolute atomic E-state index is 0.183. The van der Waals surface area contributed by atoms with E-state index in [2.05, 4.69) is 0 Å². The van der Waals surface area contributed by atoms with E-state index in [9.17, 15) is 4.79 Å². The number of aryl methyl sites for hydroxylation is 1. The van der Waals surface area contributed by atoms with Gasteiger partial charge in [0.1, 0.15) is 0 Å². The van der Waals surface area contributed by atoms with Crippen LogP contribution >= 0.6 is 0 Å². The third-order valence-corrected chi connectivity index (χ3v) is 2.56. The summed E-state index contributed by atoms with van der Waals surface area (Å²) in [6.07, 6.45) is 0.871. The SMILES string of the molecule is CCc1ccccc1C(=O)[O][Tl]. The average Bonchev–Trinajstić information content (AvgIpc) is 2.16. The summed E-state index contributed by atoms with van der Waals surface area (Å²) in [5.74, 6) is -0.183. The van der Waals surface area contributed by atoms with Crippen molar-refractivity contribution in [2.75, 3.05) is 0 Å². The van der Waals surface area contributed by atoms with Crippen molar-refractivity contribution in [3.05, 3.63) is 35.4 Å². The molecule has 0 saturated carbocycles. The van der Waals surface area contributed by atoms with E-state index < -0.39 is 0 Å². The molecule has 0 aromatic heterocycles. The molecule has 0 atom stereocenters. The molecule has 0 saturated heterocycles. The van der Waals surface area contributed by atoms with Gasteiger partial charge in [-0.1, -0.05) is 0 Å². The zero-order chi connectivity index (χ0) is 8.97. The number of carbonyl (C=O) groups excluding carboxylic acids is 1. The molecule has 0 aliphatic carbocycles. The molecular formula is C9H9O2Tl. The van der Waals surface area contributed by atoms with Gasteiger partial charge in [-0.25, -0.2) is 0 Å². The number of hydrogen-bond acceptors (Lipinski definition) is 2. The molecular weight excluding hydrogens is 344 g/mol. The van der Waals surface area contributed by atoms with Crippen LogP contribution in [0.3, 0.4) is 0 Å². The Bertz CT molecular complexity index is 284. The fourth-order valence-corrected chi connectivity index (χ4v) is 1.58. The van der Waals surface area contributed by atoms with Crippen molar-refractivity contribution in [1.82, 2.24) is 0 Å². The van der Waals surface area contributed by atoms with Crippen LogP contribution in [0, 0.1) is 0 Å². The monoisotopic (exact) mass is 354 g/mol. The van der Waals surface area contributed by atoms with E-state index in [0.717, 1.165) is 12.0 Å². The third-order valence-electron chi connectivity index (χ3n) is 1.73. The molecule has 0 N–H and O–H groups in total. The molecule has 0 bridgehead atoms. The van der Waals surface area contributed by atoms with E-state index in [-0.39, 0.29) is 32.2 Å². The van der Waals surface area contributed by atoms with Gasteiger partial charge in [0.25, 0.3) is 0 Å². The van der Waals surface area contributed by atoms with Crippen molar-refractivity contribution >= 4 is 32.2 Å². The zero-order valence-corrected chi connectivity index (χ0v) is 11.4. The van der Waals surface area contributed by atoms with Gasteiger partial charge in [0.2, 0.25) is 0 Å². The maximum atomic E-state index is 11.2. The number of benzene rings is 1. The van der Waals surface area contributed by atoms with Crippen molar-refractivity contribution in [1.29, 1.82) is 0 Å². The first-order chi connectivity index (χ1) is 5.79. The second-order valence-electron chi connectivity index (χ2n) is 2.42. The van der Waals surface area contributed by atoms with E-state index in [0.29, 0.717) is 5.56 Å². The van der Waals surface area contributed by atoms with Crippen molar-refractivity contribution in [3.8, 4) is 0 Å². The van der Waals surface area contributed by atoms with Crippen molar-refractivity contribution < 1.29 is 7.48 Å². The molecule has 1 aromatic rings. The fourth-order valence-electron chi connectivity index (χ4n) is 1.09. The summed E-state index contributed by atoms with van der Waals surface area (Å²) in [6, 6.07) is 7.56. The van der Waals surface area contributed by atoms with Crippen LogP contribution in [0.2, 0.25) is 0 Å². The molecule has 2 nitrogen and oxygen atoms in total. The van der Waals surface area contributed by atoms with Gasteiger partial charge in [-0.3, -0.25) is 0 Å². The third kappa shape index (κ3) is 2.06. The molecule has 3 heteroatoms. The van der Waals surface area contributed by atoms with Crippen LogP contribution in [0.1, 0.15) is 22.8 Å². The van der Waals surface area contributed by atoms with Gasteiger partial charge in [-0.15, -0.1) is 0 Å². The first-order valence-corrected chi connectivity index (χ1v) is 5.61. The molecule has 0 fully saturated rings. The van der Waals surface area contributed by atoms with Crippen molar-refractivity contribution in [2.24, 2.45) is 0 Å². The van der Waals surface area contributed by atoms with E-state index in [1.807, 2.05) is 31.2 Å². The van der Waals surface area contributed by atoms with Crippen LogP contribution in [-0.4, -0.2) is 32.2 Å². The second kappa shape index (κ2) is 4.59. The van der Waals surface area contributed by atoms with Gasteiger partial charge in [0.15, 0.2) is 0 Å². The van der Waals surface area contributed by atoms with E-state index in [4.69, 9.17) is 2.69 Å². The summed E-state index contributed by atoms with van der Waals surface area (Å²) in [5.41, 5.74) is 1.77. The quantitative estimate of drug-likeness (QED) is 0.753. The van der Waals surface area contributed by atoms with Crippen LogP contribution in [0.15, 0.2) is 24.3 Å². The summed E-state index contributed by atoms with van der Waals surface area (Å²) in [7, 11) is 0. The van der Waals surface area contributed by atoms with E-state index in [1.54, 1.807) is 0 Å². The second-order valence-corrected chi connectivity index (χ2v) is 3.33. The van der Waals surface area contributed by atoms with Gasteiger partial charge < -0.3 is 0 Å². The predicted molar refractivity (Wildman–Crippen MR) is 47.0 cm³/mol. The Morgan fingerprint density at radius 1 is 1.50 bits per heavy atom. The Hall–Kier alpha value is -0.388. The number of carbonyl (C=O) groups is 1. The van der Waals surface area contributed by atoms with Gasteiger partial charge >= 0.3 is 88.4 Å². The first kappa shape index (κ1) is 9.70. The number of hydrogen-bond donors (Lipinski definition) is 0. The van der Waals surface area contributed by atoms with Crippen LogP contribution in [0.4, 0.5) is 0 Å². The van der Waals surface area contributed by atoms with Gasteiger partial charge in [0.05, 0.1) is 0 Å². The topological polar surface area (TPSA) is 26.3 Å². The average molecular weight is 354 g/mol.